The van der Waals surface area contributed by atoms with Gasteiger partial charge in [-0.15, -0.1) is 11.3 Å². The summed E-state index contributed by atoms with van der Waals surface area (Å²) in [7, 11) is 0. The van der Waals surface area contributed by atoms with Gasteiger partial charge in [0, 0.05) is 30.8 Å². The molecule has 0 aliphatic rings. The fourth-order valence-corrected chi connectivity index (χ4v) is 2.67. The van der Waals surface area contributed by atoms with Crippen molar-refractivity contribution in [2.24, 2.45) is 11.1 Å². The summed E-state index contributed by atoms with van der Waals surface area (Å²) in [5.74, 6) is 0.0312. The van der Waals surface area contributed by atoms with Crippen LogP contribution in [0.3, 0.4) is 0 Å². The Balaban J connectivity index is 2.21. The number of nitrogens with zero attached hydrogens (tertiary/aromatic N) is 1. The number of carbonyl (C=O) groups is 1. The first kappa shape index (κ1) is 16.1. The highest BCUT2D eigenvalue weighted by molar-refractivity contribution is 7.09. The number of thiazole rings is 1. The standard InChI is InChI=1S/C14H25N3OS/c1-10-17-12(9-19-10)5-6-16-13(18)7-11(15)8-14(2,3)4/h9,11H,5-8,15H2,1-4H3,(H,16,18). The van der Waals surface area contributed by atoms with E-state index in [-0.39, 0.29) is 17.4 Å². The fraction of sp³-hybridized carbons (Fsp3) is 0.714. The van der Waals surface area contributed by atoms with Crippen molar-refractivity contribution >= 4 is 17.2 Å². The van der Waals surface area contributed by atoms with Gasteiger partial charge < -0.3 is 11.1 Å². The summed E-state index contributed by atoms with van der Waals surface area (Å²) in [4.78, 5) is 16.1. The Morgan fingerprint density at radius 2 is 2.21 bits per heavy atom. The van der Waals surface area contributed by atoms with E-state index in [0.717, 1.165) is 23.5 Å². The first-order valence-corrected chi connectivity index (χ1v) is 7.57. The lowest BCUT2D eigenvalue weighted by Gasteiger charge is -2.22. The Morgan fingerprint density at radius 1 is 1.53 bits per heavy atom. The molecule has 1 aromatic rings. The molecule has 5 heteroatoms. The minimum atomic E-state index is -0.0680. The van der Waals surface area contributed by atoms with Gasteiger partial charge in [0.1, 0.15) is 0 Å². The SMILES string of the molecule is Cc1nc(CCNC(=O)CC(N)CC(C)(C)C)cs1. The van der Waals surface area contributed by atoms with Crippen molar-refractivity contribution in [3.05, 3.63) is 16.1 Å². The molecule has 4 nitrogen and oxygen atoms in total. The van der Waals surface area contributed by atoms with Crippen molar-refractivity contribution in [3.8, 4) is 0 Å². The first-order valence-electron chi connectivity index (χ1n) is 6.69. The van der Waals surface area contributed by atoms with Crippen LogP contribution >= 0.6 is 11.3 Å². The largest absolute Gasteiger partial charge is 0.356 e. The molecule has 108 valence electrons. The molecule has 1 heterocycles. The number of amides is 1. The minimum Gasteiger partial charge on any atom is -0.356 e. The number of nitrogens with one attached hydrogen (secondary N) is 1. The average molecular weight is 283 g/mol. The van der Waals surface area contributed by atoms with Crippen LogP contribution in [-0.4, -0.2) is 23.5 Å². The molecule has 0 radical (unpaired) electrons. The Labute approximate surface area is 119 Å². The molecule has 1 unspecified atom stereocenters. The maximum Gasteiger partial charge on any atom is 0.221 e. The third-order valence-corrected chi connectivity index (χ3v) is 3.51. The second kappa shape index (κ2) is 7.01. The van der Waals surface area contributed by atoms with E-state index in [9.17, 15) is 4.79 Å². The van der Waals surface area contributed by atoms with Gasteiger partial charge in [-0.05, 0) is 18.8 Å². The lowest BCUT2D eigenvalue weighted by atomic mass is 9.87. The molecule has 0 saturated heterocycles. The Bertz CT molecular complexity index is 409. The van der Waals surface area contributed by atoms with E-state index in [1.807, 2.05) is 12.3 Å². The van der Waals surface area contributed by atoms with Crippen molar-refractivity contribution in [3.63, 3.8) is 0 Å². The zero-order chi connectivity index (χ0) is 14.5. The van der Waals surface area contributed by atoms with Gasteiger partial charge >= 0.3 is 0 Å². The highest BCUT2D eigenvalue weighted by Gasteiger charge is 2.17. The van der Waals surface area contributed by atoms with Crippen molar-refractivity contribution in [2.75, 3.05) is 6.54 Å². The molecule has 0 fully saturated rings. The Morgan fingerprint density at radius 3 is 2.74 bits per heavy atom. The second-order valence-corrected chi connectivity index (χ2v) is 7.25. The van der Waals surface area contributed by atoms with Crippen molar-refractivity contribution in [1.82, 2.24) is 10.3 Å². The van der Waals surface area contributed by atoms with Gasteiger partial charge in [0.05, 0.1) is 10.7 Å². The van der Waals surface area contributed by atoms with Gasteiger partial charge in [0.2, 0.25) is 5.91 Å². The molecular formula is C14H25N3OS. The predicted molar refractivity (Wildman–Crippen MR) is 80.2 cm³/mol. The molecule has 3 N–H and O–H groups in total. The zero-order valence-corrected chi connectivity index (χ0v) is 13.1. The van der Waals surface area contributed by atoms with Crippen LogP contribution in [0.15, 0.2) is 5.38 Å². The quantitative estimate of drug-likeness (QED) is 0.841. The van der Waals surface area contributed by atoms with Gasteiger partial charge in [-0.3, -0.25) is 4.79 Å². The maximum absolute atomic E-state index is 11.7. The number of nitrogens with two attached hydrogens (primary N) is 1. The van der Waals surface area contributed by atoms with Crippen molar-refractivity contribution < 1.29 is 4.79 Å². The number of rotatable bonds is 6. The van der Waals surface area contributed by atoms with E-state index < -0.39 is 0 Å². The van der Waals surface area contributed by atoms with Crippen molar-refractivity contribution in [1.29, 1.82) is 0 Å². The molecule has 0 aliphatic carbocycles. The highest BCUT2D eigenvalue weighted by Crippen LogP contribution is 2.20. The Kier molecular flexibility index (Phi) is 5.94. The van der Waals surface area contributed by atoms with E-state index in [0.29, 0.717) is 13.0 Å². The van der Waals surface area contributed by atoms with Gasteiger partial charge in [0.15, 0.2) is 0 Å². The maximum atomic E-state index is 11.7. The molecule has 0 aromatic carbocycles. The number of hydrogen-bond donors (Lipinski definition) is 2. The molecule has 0 bridgehead atoms. The fourth-order valence-electron chi connectivity index (χ4n) is 2.02. The van der Waals surface area contributed by atoms with E-state index in [4.69, 9.17) is 5.73 Å². The normalized spacial score (nSPS) is 13.3. The average Bonchev–Trinajstić information content (AvgIpc) is 2.60. The molecular weight excluding hydrogens is 258 g/mol. The van der Waals surface area contributed by atoms with Gasteiger partial charge in [-0.2, -0.15) is 0 Å². The molecule has 0 saturated carbocycles. The zero-order valence-electron chi connectivity index (χ0n) is 12.3. The van der Waals surface area contributed by atoms with Crippen molar-refractivity contribution in [2.45, 2.75) is 53.0 Å². The van der Waals surface area contributed by atoms with Crippen LogP contribution < -0.4 is 11.1 Å². The summed E-state index contributed by atoms with van der Waals surface area (Å²) in [6, 6.07) is -0.0680. The number of hydrogen-bond acceptors (Lipinski definition) is 4. The summed E-state index contributed by atoms with van der Waals surface area (Å²) in [5, 5.41) is 6.00. The lowest BCUT2D eigenvalue weighted by Crippen LogP contribution is -2.35. The minimum absolute atomic E-state index is 0.0312. The number of aromatic nitrogens is 1. The van der Waals surface area contributed by atoms with E-state index in [1.54, 1.807) is 11.3 Å². The predicted octanol–water partition coefficient (Wildman–Crippen LogP) is 2.26. The van der Waals surface area contributed by atoms with Crippen LogP contribution in [-0.2, 0) is 11.2 Å². The van der Waals surface area contributed by atoms with Crippen LogP contribution in [0.4, 0.5) is 0 Å². The van der Waals surface area contributed by atoms with Crippen LogP contribution in [0.5, 0.6) is 0 Å². The monoisotopic (exact) mass is 283 g/mol. The summed E-state index contributed by atoms with van der Waals surface area (Å²) in [6.45, 7) is 9.02. The molecule has 1 rings (SSSR count). The number of carbonyl (C=O) groups excluding carboxylic acids is 1. The second-order valence-electron chi connectivity index (χ2n) is 6.19. The highest BCUT2D eigenvalue weighted by atomic mass is 32.1. The summed E-state index contributed by atoms with van der Waals surface area (Å²) >= 11 is 1.64. The summed E-state index contributed by atoms with van der Waals surface area (Å²) < 4.78 is 0. The summed E-state index contributed by atoms with van der Waals surface area (Å²) in [6.07, 6.45) is 2.03. The molecule has 1 amide bonds. The first-order chi connectivity index (χ1) is 8.76. The lowest BCUT2D eigenvalue weighted by molar-refractivity contribution is -0.121. The van der Waals surface area contributed by atoms with Crippen LogP contribution in [0, 0.1) is 12.3 Å². The van der Waals surface area contributed by atoms with Gasteiger partial charge in [-0.1, -0.05) is 20.8 Å². The smallest absolute Gasteiger partial charge is 0.221 e. The third kappa shape index (κ3) is 7.28. The molecule has 19 heavy (non-hydrogen) atoms. The van der Waals surface area contributed by atoms with Gasteiger partial charge in [-0.25, -0.2) is 4.98 Å². The van der Waals surface area contributed by atoms with E-state index >= 15 is 0 Å². The molecule has 0 spiro atoms. The van der Waals surface area contributed by atoms with Gasteiger partial charge in [0.25, 0.3) is 0 Å². The topological polar surface area (TPSA) is 68.0 Å². The van der Waals surface area contributed by atoms with E-state index in [2.05, 4.69) is 31.1 Å². The molecule has 1 atom stereocenters. The number of aryl methyl sites for hydroxylation is 1. The van der Waals surface area contributed by atoms with Crippen LogP contribution in [0.25, 0.3) is 0 Å². The van der Waals surface area contributed by atoms with Crippen LogP contribution in [0.1, 0.15) is 44.3 Å². The van der Waals surface area contributed by atoms with Crippen LogP contribution in [0.2, 0.25) is 0 Å². The molecule has 1 aromatic heterocycles. The molecule has 0 aliphatic heterocycles. The Hall–Kier alpha value is -0.940. The summed E-state index contributed by atoms with van der Waals surface area (Å²) in [5.41, 5.74) is 7.18. The third-order valence-electron chi connectivity index (χ3n) is 2.69. The van der Waals surface area contributed by atoms with E-state index in [1.165, 1.54) is 0 Å².